The highest BCUT2D eigenvalue weighted by atomic mass is 16.3. The van der Waals surface area contributed by atoms with Crippen LogP contribution in [0.4, 0.5) is 0 Å². The monoisotopic (exact) mass is 480 g/mol. The summed E-state index contributed by atoms with van der Waals surface area (Å²) in [6.07, 6.45) is 1.01. The first-order chi connectivity index (χ1) is 15.5. The minimum Gasteiger partial charge on any atom is -0.390 e. The smallest absolute Gasteiger partial charge is 0.159 e. The number of rotatable bonds is 5. The van der Waals surface area contributed by atoms with E-state index in [9.17, 15) is 35.4 Å². The van der Waals surface area contributed by atoms with Gasteiger partial charge in [-0.2, -0.15) is 0 Å². The quantitative estimate of drug-likeness (QED) is 0.352. The van der Waals surface area contributed by atoms with Crippen molar-refractivity contribution >= 4 is 5.78 Å². The van der Waals surface area contributed by atoms with E-state index in [-0.39, 0.29) is 42.3 Å². The fourth-order valence-corrected chi connectivity index (χ4v) is 8.48. The average molecular weight is 481 g/mol. The maximum atomic E-state index is 13.2. The minimum atomic E-state index is -1.19. The normalized spacial score (nSPS) is 47.2. The topological polar surface area (TPSA) is 138 Å². The van der Waals surface area contributed by atoms with Crippen LogP contribution in [0.1, 0.15) is 79.6 Å². The molecule has 6 N–H and O–H groups in total. The fourth-order valence-electron chi connectivity index (χ4n) is 8.48. The van der Waals surface area contributed by atoms with E-state index in [2.05, 4.69) is 0 Å². The van der Waals surface area contributed by atoms with Gasteiger partial charge in [0.25, 0.3) is 0 Å². The number of aliphatic hydroxyl groups excluding tert-OH is 4. The van der Waals surface area contributed by atoms with E-state index < -0.39 is 46.4 Å². The van der Waals surface area contributed by atoms with E-state index in [0.717, 1.165) is 12.0 Å². The lowest BCUT2D eigenvalue weighted by atomic mass is 9.46. The van der Waals surface area contributed by atoms with Crippen molar-refractivity contribution in [3.8, 4) is 0 Å². The number of carbonyl (C=O) groups is 1. The fraction of sp³-hybridized carbons (Fsp3) is 0.889. The molecule has 3 saturated carbocycles. The van der Waals surface area contributed by atoms with Crippen LogP contribution in [0.5, 0.6) is 0 Å². The van der Waals surface area contributed by atoms with Crippen LogP contribution >= 0.6 is 0 Å². The Morgan fingerprint density at radius 1 is 1.09 bits per heavy atom. The van der Waals surface area contributed by atoms with E-state index in [4.69, 9.17) is 0 Å². The molecule has 4 aliphatic carbocycles. The van der Waals surface area contributed by atoms with Crippen LogP contribution in [0.25, 0.3) is 0 Å². The summed E-state index contributed by atoms with van der Waals surface area (Å²) in [6, 6.07) is 0. The molecule has 0 aromatic carbocycles. The molecule has 1 unspecified atom stereocenters. The average Bonchev–Trinajstić information content (AvgIpc) is 2.99. The molecule has 0 bridgehead atoms. The lowest BCUT2D eigenvalue weighted by Crippen LogP contribution is -2.61. The van der Waals surface area contributed by atoms with Crippen LogP contribution in [-0.4, -0.2) is 72.0 Å². The van der Waals surface area contributed by atoms with Crippen molar-refractivity contribution in [1.82, 2.24) is 0 Å². The zero-order valence-corrected chi connectivity index (χ0v) is 21.2. The highest BCUT2D eigenvalue weighted by molar-refractivity contribution is 5.95. The van der Waals surface area contributed by atoms with Gasteiger partial charge in [0.1, 0.15) is 0 Å². The molecule has 34 heavy (non-hydrogen) atoms. The molecule has 0 aromatic rings. The minimum absolute atomic E-state index is 0.0461. The molecule has 11 atom stereocenters. The van der Waals surface area contributed by atoms with Gasteiger partial charge in [0.2, 0.25) is 0 Å². The molecule has 0 aromatic heterocycles. The predicted molar refractivity (Wildman–Crippen MR) is 127 cm³/mol. The first-order valence-corrected chi connectivity index (χ1v) is 13.0. The van der Waals surface area contributed by atoms with Gasteiger partial charge in [-0.3, -0.25) is 4.79 Å². The third-order valence-corrected chi connectivity index (χ3v) is 10.5. The molecule has 0 saturated heterocycles. The van der Waals surface area contributed by atoms with Gasteiger partial charge in [0.05, 0.1) is 35.6 Å². The third kappa shape index (κ3) is 3.82. The van der Waals surface area contributed by atoms with Gasteiger partial charge >= 0.3 is 0 Å². The van der Waals surface area contributed by atoms with Crippen molar-refractivity contribution in [3.05, 3.63) is 11.6 Å². The van der Waals surface area contributed by atoms with Gasteiger partial charge < -0.3 is 30.6 Å². The van der Waals surface area contributed by atoms with Gasteiger partial charge in [-0.05, 0) is 87.2 Å². The second-order valence-corrected chi connectivity index (χ2v) is 13.1. The van der Waals surface area contributed by atoms with Gasteiger partial charge in [0, 0.05) is 17.8 Å². The summed E-state index contributed by atoms with van der Waals surface area (Å²) < 4.78 is 0. The van der Waals surface area contributed by atoms with Gasteiger partial charge in [0.15, 0.2) is 5.78 Å². The Balaban J connectivity index is 1.64. The highest BCUT2D eigenvalue weighted by Gasteiger charge is 2.67. The maximum Gasteiger partial charge on any atom is 0.159 e. The SMILES string of the molecule is C[C@H]([C@H](O)C(O)CC(C)(C)O)[C@H]1CC[C@@]2(O)C3=CC(=O)[C@@H]4C[C@@H](O)[C@@H](O)C[C@]4(C)[C@H]3CC[C@]12C. The summed E-state index contributed by atoms with van der Waals surface area (Å²) in [7, 11) is 0. The Bertz CT molecular complexity index is 848. The number of fused-ring (bicyclic) bond motifs is 5. The van der Waals surface area contributed by atoms with Crippen LogP contribution in [0.15, 0.2) is 11.6 Å². The Kier molecular flexibility index (Phi) is 6.45. The molecule has 0 heterocycles. The summed E-state index contributed by atoms with van der Waals surface area (Å²) in [5.74, 6) is -0.847. The van der Waals surface area contributed by atoms with E-state index in [1.165, 1.54) is 0 Å². The molecule has 0 amide bonds. The second kappa shape index (κ2) is 8.35. The first kappa shape index (κ1) is 26.2. The summed E-state index contributed by atoms with van der Waals surface area (Å²) in [6.45, 7) is 9.19. The first-order valence-electron chi connectivity index (χ1n) is 13.0. The number of carbonyl (C=O) groups excluding carboxylic acids is 1. The number of aliphatic hydroxyl groups is 6. The molecule has 194 valence electrons. The van der Waals surface area contributed by atoms with Crippen molar-refractivity contribution in [1.29, 1.82) is 0 Å². The maximum absolute atomic E-state index is 13.2. The van der Waals surface area contributed by atoms with Crippen LogP contribution in [0.3, 0.4) is 0 Å². The molecule has 0 aliphatic heterocycles. The highest BCUT2D eigenvalue weighted by Crippen LogP contribution is 2.68. The molecule has 0 spiro atoms. The van der Waals surface area contributed by atoms with E-state index in [0.29, 0.717) is 25.7 Å². The molecule has 0 radical (unpaired) electrons. The molecular weight excluding hydrogens is 436 g/mol. The largest absolute Gasteiger partial charge is 0.390 e. The van der Waals surface area contributed by atoms with Crippen LogP contribution in [-0.2, 0) is 4.79 Å². The Labute approximate surface area is 202 Å². The van der Waals surface area contributed by atoms with Crippen molar-refractivity contribution < 1.29 is 35.4 Å². The van der Waals surface area contributed by atoms with Gasteiger partial charge in [-0.25, -0.2) is 0 Å². The molecular formula is C27H44O7. The zero-order valence-electron chi connectivity index (χ0n) is 21.2. The number of ketones is 1. The van der Waals surface area contributed by atoms with E-state index in [1.54, 1.807) is 19.9 Å². The lowest BCUT2D eigenvalue weighted by molar-refractivity contribution is -0.155. The van der Waals surface area contributed by atoms with Crippen LogP contribution in [0, 0.1) is 34.5 Å². The molecule has 7 nitrogen and oxygen atoms in total. The Morgan fingerprint density at radius 2 is 1.74 bits per heavy atom. The number of hydrogen-bond donors (Lipinski definition) is 6. The van der Waals surface area contributed by atoms with Crippen molar-refractivity contribution in [3.63, 3.8) is 0 Å². The van der Waals surface area contributed by atoms with Crippen molar-refractivity contribution in [2.75, 3.05) is 0 Å². The number of allylic oxidation sites excluding steroid dienone is 1. The summed E-state index contributed by atoms with van der Waals surface area (Å²) in [5, 5.41) is 64.5. The molecule has 3 fully saturated rings. The molecule has 4 rings (SSSR count). The van der Waals surface area contributed by atoms with Gasteiger partial charge in [-0.15, -0.1) is 0 Å². The van der Waals surface area contributed by atoms with Crippen molar-refractivity contribution in [2.24, 2.45) is 34.5 Å². The second-order valence-electron chi connectivity index (χ2n) is 13.1. The zero-order chi connectivity index (χ0) is 25.4. The van der Waals surface area contributed by atoms with E-state index in [1.807, 2.05) is 20.8 Å². The molecule has 4 aliphatic rings. The number of hydrogen-bond acceptors (Lipinski definition) is 7. The van der Waals surface area contributed by atoms with Gasteiger partial charge in [-0.1, -0.05) is 20.8 Å². The standard InChI is InChI=1S/C27H44O7/c1-14(23(32)22(31)12-24(2,3)33)15-7-9-27(34)17-10-19(28)18-11-20(29)21(30)13-25(18,4)16(17)6-8-26(15,27)5/h10,14-16,18,20-23,29-34H,6-9,11-13H2,1-5H3/t14-,15+,16-,18-,20+,21-,22?,23-,25+,26+,27+/m0/s1. The third-order valence-electron chi connectivity index (χ3n) is 10.5. The summed E-state index contributed by atoms with van der Waals surface area (Å²) in [4.78, 5) is 13.2. The predicted octanol–water partition coefficient (Wildman–Crippen LogP) is 1.71. The van der Waals surface area contributed by atoms with Crippen LogP contribution < -0.4 is 0 Å². The molecule has 7 heteroatoms. The Hall–Kier alpha value is -0.830. The van der Waals surface area contributed by atoms with Crippen molar-refractivity contribution in [2.45, 2.75) is 115 Å². The summed E-state index contributed by atoms with van der Waals surface area (Å²) >= 11 is 0. The van der Waals surface area contributed by atoms with Crippen LogP contribution in [0.2, 0.25) is 0 Å². The lowest BCUT2D eigenvalue weighted by Gasteiger charge is -2.60. The summed E-state index contributed by atoms with van der Waals surface area (Å²) in [5.41, 5.74) is -2.62. The Morgan fingerprint density at radius 3 is 2.35 bits per heavy atom. The van der Waals surface area contributed by atoms with E-state index >= 15 is 0 Å².